The molecule has 1 unspecified atom stereocenters. The van der Waals surface area contributed by atoms with E-state index in [0.29, 0.717) is 5.56 Å². The fourth-order valence-corrected chi connectivity index (χ4v) is 1.94. The Morgan fingerprint density at radius 3 is 1.70 bits per heavy atom. The number of hydrogen-bond acceptors (Lipinski definition) is 3. The Bertz CT molecular complexity index is 650. The van der Waals surface area contributed by atoms with Crippen LogP contribution < -0.4 is 0 Å². The van der Waals surface area contributed by atoms with Crippen molar-refractivity contribution in [3.05, 3.63) is 65.7 Å². The minimum atomic E-state index is -0.986. The van der Waals surface area contributed by atoms with Crippen LogP contribution in [-0.2, 0) is 0 Å². The number of phenolic OH excluding ortho intramolecular Hbond substituents is 1. The van der Waals surface area contributed by atoms with Gasteiger partial charge in [-0.25, -0.2) is 9.59 Å². The second kappa shape index (κ2) is 14.4. The molecule has 2 aromatic rings. The highest BCUT2D eigenvalue weighted by atomic mass is 16.4. The summed E-state index contributed by atoms with van der Waals surface area (Å²) in [5.74, 6) is -0.837. The van der Waals surface area contributed by atoms with E-state index in [1.165, 1.54) is 49.9 Å². The van der Waals surface area contributed by atoms with E-state index in [0.717, 1.165) is 5.92 Å². The topological polar surface area (TPSA) is 94.8 Å². The zero-order valence-electron chi connectivity index (χ0n) is 16.3. The molecule has 0 saturated heterocycles. The molecule has 27 heavy (non-hydrogen) atoms. The van der Waals surface area contributed by atoms with Crippen molar-refractivity contribution in [2.24, 2.45) is 5.92 Å². The first-order valence-corrected chi connectivity index (χ1v) is 9.12. The summed E-state index contributed by atoms with van der Waals surface area (Å²) < 4.78 is 0. The molecule has 148 valence electrons. The molecule has 0 aliphatic heterocycles. The maximum atomic E-state index is 10.2. The SMILES string of the molecule is CCCCC(C)CC.O=C(O)c1ccc(O)cc1.O=C(O)c1ccccc1. The molecule has 0 radical (unpaired) electrons. The lowest BCUT2D eigenvalue weighted by Crippen LogP contribution is -1.93. The Labute approximate surface area is 161 Å². The highest BCUT2D eigenvalue weighted by molar-refractivity contribution is 5.87. The Balaban J connectivity index is 0.000000379. The summed E-state index contributed by atoms with van der Waals surface area (Å²) in [6.45, 7) is 6.85. The monoisotopic (exact) mass is 374 g/mol. The van der Waals surface area contributed by atoms with Gasteiger partial charge < -0.3 is 15.3 Å². The van der Waals surface area contributed by atoms with E-state index in [1.807, 2.05) is 0 Å². The number of carbonyl (C=O) groups is 2. The molecule has 5 nitrogen and oxygen atoms in total. The third kappa shape index (κ3) is 12.2. The lowest BCUT2D eigenvalue weighted by molar-refractivity contribution is 0.0686. The van der Waals surface area contributed by atoms with E-state index in [9.17, 15) is 9.59 Å². The Morgan fingerprint density at radius 1 is 0.852 bits per heavy atom. The summed E-state index contributed by atoms with van der Waals surface area (Å²) in [4.78, 5) is 20.4. The van der Waals surface area contributed by atoms with Crippen molar-refractivity contribution >= 4 is 11.9 Å². The van der Waals surface area contributed by atoms with Crippen LogP contribution in [0.5, 0.6) is 5.75 Å². The highest BCUT2D eigenvalue weighted by Crippen LogP contribution is 2.10. The van der Waals surface area contributed by atoms with Gasteiger partial charge in [0.2, 0.25) is 0 Å². The molecular formula is C22H30O5. The van der Waals surface area contributed by atoms with Gasteiger partial charge in [0.1, 0.15) is 5.75 Å². The van der Waals surface area contributed by atoms with E-state index in [2.05, 4.69) is 20.8 Å². The smallest absolute Gasteiger partial charge is 0.335 e. The molecule has 0 amide bonds. The molecule has 0 bridgehead atoms. The first-order chi connectivity index (χ1) is 12.8. The number of rotatable bonds is 6. The third-order valence-electron chi connectivity index (χ3n) is 3.88. The van der Waals surface area contributed by atoms with Crippen LogP contribution in [0, 0.1) is 5.92 Å². The van der Waals surface area contributed by atoms with Crippen molar-refractivity contribution in [3.8, 4) is 5.75 Å². The molecule has 0 aromatic heterocycles. The largest absolute Gasteiger partial charge is 0.508 e. The van der Waals surface area contributed by atoms with E-state index in [4.69, 9.17) is 15.3 Å². The van der Waals surface area contributed by atoms with Crippen molar-refractivity contribution in [3.63, 3.8) is 0 Å². The number of carboxylic acids is 2. The molecule has 0 aliphatic rings. The average molecular weight is 374 g/mol. The maximum absolute atomic E-state index is 10.2. The third-order valence-corrected chi connectivity index (χ3v) is 3.88. The summed E-state index contributed by atoms with van der Waals surface area (Å²) in [5, 5.41) is 25.5. The molecule has 2 rings (SSSR count). The summed E-state index contributed by atoms with van der Waals surface area (Å²) in [6, 6.07) is 13.7. The van der Waals surface area contributed by atoms with Crippen molar-refractivity contribution in [1.82, 2.24) is 0 Å². The van der Waals surface area contributed by atoms with Gasteiger partial charge in [-0.05, 0) is 42.3 Å². The summed E-state index contributed by atoms with van der Waals surface area (Å²) in [5.41, 5.74) is 0.510. The maximum Gasteiger partial charge on any atom is 0.335 e. The number of carboxylic acid groups (broad SMARTS) is 2. The van der Waals surface area contributed by atoms with E-state index >= 15 is 0 Å². The van der Waals surface area contributed by atoms with Crippen LogP contribution in [0.25, 0.3) is 0 Å². The van der Waals surface area contributed by atoms with Crippen LogP contribution in [0.1, 0.15) is 67.2 Å². The van der Waals surface area contributed by atoms with Gasteiger partial charge in [0.05, 0.1) is 11.1 Å². The van der Waals surface area contributed by atoms with E-state index in [1.54, 1.807) is 30.3 Å². The van der Waals surface area contributed by atoms with Crippen molar-refractivity contribution in [2.75, 3.05) is 0 Å². The minimum Gasteiger partial charge on any atom is -0.508 e. The number of aromatic hydroxyl groups is 1. The molecule has 0 aliphatic carbocycles. The zero-order chi connectivity index (χ0) is 20.7. The van der Waals surface area contributed by atoms with Crippen molar-refractivity contribution < 1.29 is 24.9 Å². The first kappa shape index (κ1) is 24.2. The number of hydrogen-bond donors (Lipinski definition) is 3. The Morgan fingerprint density at radius 2 is 1.33 bits per heavy atom. The zero-order valence-corrected chi connectivity index (χ0v) is 16.3. The number of benzene rings is 2. The van der Waals surface area contributed by atoms with Crippen LogP contribution >= 0.6 is 0 Å². The summed E-state index contributed by atoms with van der Waals surface area (Å²) in [7, 11) is 0. The van der Waals surface area contributed by atoms with Crippen LogP contribution in [-0.4, -0.2) is 27.3 Å². The molecule has 0 fully saturated rings. The second-order valence-electron chi connectivity index (χ2n) is 6.18. The molecule has 0 heterocycles. The van der Waals surface area contributed by atoms with Gasteiger partial charge in [-0.1, -0.05) is 64.7 Å². The van der Waals surface area contributed by atoms with Gasteiger partial charge in [0.25, 0.3) is 0 Å². The molecule has 0 saturated carbocycles. The van der Waals surface area contributed by atoms with Gasteiger partial charge in [0.15, 0.2) is 0 Å². The number of aromatic carboxylic acids is 2. The second-order valence-corrected chi connectivity index (χ2v) is 6.18. The Kier molecular flexibility index (Phi) is 12.9. The van der Waals surface area contributed by atoms with E-state index < -0.39 is 11.9 Å². The highest BCUT2D eigenvalue weighted by Gasteiger charge is 1.99. The Hall–Kier alpha value is -2.82. The molecular weight excluding hydrogens is 344 g/mol. The van der Waals surface area contributed by atoms with Crippen LogP contribution in [0.4, 0.5) is 0 Å². The fourth-order valence-electron chi connectivity index (χ4n) is 1.94. The van der Waals surface area contributed by atoms with Crippen LogP contribution in [0.2, 0.25) is 0 Å². The predicted octanol–water partition coefficient (Wildman–Crippen LogP) is 5.70. The van der Waals surface area contributed by atoms with Crippen LogP contribution in [0.3, 0.4) is 0 Å². The molecule has 0 spiro atoms. The summed E-state index contributed by atoms with van der Waals surface area (Å²) >= 11 is 0. The first-order valence-electron chi connectivity index (χ1n) is 9.12. The van der Waals surface area contributed by atoms with Gasteiger partial charge in [-0.15, -0.1) is 0 Å². The molecule has 1 atom stereocenters. The predicted molar refractivity (Wildman–Crippen MR) is 107 cm³/mol. The van der Waals surface area contributed by atoms with Crippen molar-refractivity contribution in [2.45, 2.75) is 46.5 Å². The van der Waals surface area contributed by atoms with Gasteiger partial charge in [-0.3, -0.25) is 0 Å². The average Bonchev–Trinajstić information content (AvgIpc) is 2.68. The minimum absolute atomic E-state index is 0.0741. The molecule has 3 N–H and O–H groups in total. The quantitative estimate of drug-likeness (QED) is 0.603. The fraction of sp³-hybridized carbons (Fsp3) is 0.364. The number of phenols is 1. The van der Waals surface area contributed by atoms with Crippen molar-refractivity contribution in [1.29, 1.82) is 0 Å². The van der Waals surface area contributed by atoms with Gasteiger partial charge in [-0.2, -0.15) is 0 Å². The van der Waals surface area contributed by atoms with Crippen LogP contribution in [0.15, 0.2) is 54.6 Å². The standard InChI is InChI=1S/C8H18.C7H6O3.C7H6O2/c1-4-6-7-8(3)5-2;8-6-3-1-5(2-4-6)7(9)10;8-7(9)6-4-2-1-3-5-6/h8H,4-7H2,1-3H3;1-4,8H,(H,9,10);1-5H,(H,8,9). The molecule has 2 aromatic carbocycles. The lowest BCUT2D eigenvalue weighted by atomic mass is 10.0. The van der Waals surface area contributed by atoms with E-state index in [-0.39, 0.29) is 11.3 Å². The number of unbranched alkanes of at least 4 members (excludes halogenated alkanes) is 1. The lowest BCUT2D eigenvalue weighted by Gasteiger charge is -2.04. The summed E-state index contributed by atoms with van der Waals surface area (Å²) in [6.07, 6.45) is 5.53. The molecule has 5 heteroatoms. The normalized spacial score (nSPS) is 10.5. The van der Waals surface area contributed by atoms with Gasteiger partial charge >= 0.3 is 11.9 Å². The van der Waals surface area contributed by atoms with Gasteiger partial charge in [0, 0.05) is 0 Å².